The lowest BCUT2D eigenvalue weighted by Crippen LogP contribution is -2.36. The maximum absolute atomic E-state index is 13.9. The van der Waals surface area contributed by atoms with Gasteiger partial charge in [-0.05, 0) is 44.0 Å². The van der Waals surface area contributed by atoms with Crippen LogP contribution in [0.1, 0.15) is 37.5 Å². The normalized spacial score (nSPS) is 18.1. The molecule has 1 saturated heterocycles. The van der Waals surface area contributed by atoms with Gasteiger partial charge in [0.25, 0.3) is 0 Å². The van der Waals surface area contributed by atoms with Crippen molar-refractivity contribution in [2.45, 2.75) is 44.9 Å². The molecule has 1 atom stereocenters. The summed E-state index contributed by atoms with van der Waals surface area (Å²) >= 11 is 0. The lowest BCUT2D eigenvalue weighted by Gasteiger charge is -2.33. The Labute approximate surface area is 171 Å². The fourth-order valence-corrected chi connectivity index (χ4v) is 4.12. The third kappa shape index (κ3) is 3.69. The molecule has 0 saturated carbocycles. The number of likely N-dealkylation sites (tertiary alicyclic amines) is 1. The molecule has 1 fully saturated rings. The van der Waals surface area contributed by atoms with Gasteiger partial charge in [-0.1, -0.05) is 36.8 Å². The van der Waals surface area contributed by atoms with E-state index in [4.69, 9.17) is 4.42 Å². The Morgan fingerprint density at radius 1 is 1.13 bits per heavy atom. The van der Waals surface area contributed by atoms with Crippen molar-refractivity contribution in [2.24, 2.45) is 0 Å². The number of rotatable bonds is 3. The highest BCUT2D eigenvalue weighted by atomic mass is 19.4. The summed E-state index contributed by atoms with van der Waals surface area (Å²) in [6.45, 7) is 3.04. The molecule has 1 aliphatic heterocycles. The topological polar surface area (TPSA) is 53.7 Å². The molecular formula is C23H22F3NO3. The number of phenols is 1. The molecule has 1 aliphatic rings. The number of hydrogen-bond donors (Lipinski definition) is 1. The first kappa shape index (κ1) is 20.5. The van der Waals surface area contributed by atoms with E-state index >= 15 is 0 Å². The summed E-state index contributed by atoms with van der Waals surface area (Å²) in [5, 5.41) is 10.5. The van der Waals surface area contributed by atoms with Crippen molar-refractivity contribution in [3.8, 4) is 16.9 Å². The smallest absolute Gasteiger partial charge is 0.450 e. The van der Waals surface area contributed by atoms with Crippen molar-refractivity contribution in [3.05, 3.63) is 64.0 Å². The van der Waals surface area contributed by atoms with Crippen LogP contribution in [0, 0.1) is 0 Å². The third-order valence-electron chi connectivity index (χ3n) is 5.76. The van der Waals surface area contributed by atoms with E-state index in [1.165, 1.54) is 24.3 Å². The number of nitrogens with zero attached hydrogens (tertiary/aromatic N) is 1. The standard InChI is InChI=1S/C23H22F3NO3/c1-14-7-5-6-12-27(14)13-17-18(28)11-10-16-20(29)19(15-8-3-2-4-9-15)22(23(24,25)26)30-21(16)17/h2-4,8-11,14,28H,5-7,12-13H2,1H3/t14-/m0/s1. The van der Waals surface area contributed by atoms with Gasteiger partial charge in [-0.25, -0.2) is 0 Å². The second-order valence-electron chi connectivity index (χ2n) is 7.75. The molecule has 7 heteroatoms. The first-order chi connectivity index (χ1) is 14.3. The number of phenolic OH excluding ortho intramolecular Hbond substituents is 1. The highest BCUT2D eigenvalue weighted by Gasteiger charge is 2.40. The minimum atomic E-state index is -4.86. The van der Waals surface area contributed by atoms with E-state index in [2.05, 4.69) is 4.90 Å². The van der Waals surface area contributed by atoms with Crippen LogP contribution in [-0.2, 0) is 12.7 Å². The number of alkyl halides is 3. The van der Waals surface area contributed by atoms with E-state index in [-0.39, 0.29) is 40.4 Å². The third-order valence-corrected chi connectivity index (χ3v) is 5.76. The largest absolute Gasteiger partial charge is 0.507 e. The Kier molecular flexibility index (Phi) is 5.32. The van der Waals surface area contributed by atoms with Gasteiger partial charge in [0.2, 0.25) is 11.2 Å². The average molecular weight is 417 g/mol. The Morgan fingerprint density at radius 3 is 2.53 bits per heavy atom. The van der Waals surface area contributed by atoms with E-state index in [0.29, 0.717) is 0 Å². The van der Waals surface area contributed by atoms with E-state index < -0.39 is 22.9 Å². The summed E-state index contributed by atoms with van der Waals surface area (Å²) in [5.74, 6) is -1.52. The Hall–Kier alpha value is -2.80. The molecule has 1 N–H and O–H groups in total. The lowest BCUT2D eigenvalue weighted by molar-refractivity contribution is -0.152. The van der Waals surface area contributed by atoms with Crippen molar-refractivity contribution < 1.29 is 22.7 Å². The average Bonchev–Trinajstić information content (AvgIpc) is 2.71. The number of piperidine rings is 1. The molecular weight excluding hydrogens is 395 g/mol. The molecule has 4 rings (SSSR count). The molecule has 158 valence electrons. The number of aromatic hydroxyl groups is 1. The summed E-state index contributed by atoms with van der Waals surface area (Å²) in [7, 11) is 0. The number of fused-ring (bicyclic) bond motifs is 1. The lowest BCUT2D eigenvalue weighted by atomic mass is 9.99. The summed E-state index contributed by atoms with van der Waals surface area (Å²) in [5.41, 5.74) is -1.13. The maximum atomic E-state index is 13.9. The van der Waals surface area contributed by atoms with Crippen LogP contribution in [0.2, 0.25) is 0 Å². The molecule has 3 aromatic rings. The molecule has 2 heterocycles. The van der Waals surface area contributed by atoms with E-state index in [0.717, 1.165) is 25.8 Å². The maximum Gasteiger partial charge on any atom is 0.450 e. The van der Waals surface area contributed by atoms with Crippen molar-refractivity contribution in [2.75, 3.05) is 6.54 Å². The van der Waals surface area contributed by atoms with Crippen LogP contribution in [-0.4, -0.2) is 22.6 Å². The van der Waals surface area contributed by atoms with E-state index in [1.54, 1.807) is 18.2 Å². The highest BCUT2D eigenvalue weighted by Crippen LogP contribution is 2.39. The van der Waals surface area contributed by atoms with Crippen LogP contribution in [0.3, 0.4) is 0 Å². The van der Waals surface area contributed by atoms with Crippen LogP contribution >= 0.6 is 0 Å². The van der Waals surface area contributed by atoms with Gasteiger partial charge in [0.1, 0.15) is 11.3 Å². The van der Waals surface area contributed by atoms with Gasteiger partial charge < -0.3 is 9.52 Å². The Morgan fingerprint density at radius 2 is 1.87 bits per heavy atom. The van der Waals surface area contributed by atoms with Gasteiger partial charge in [0.05, 0.1) is 16.5 Å². The summed E-state index contributed by atoms with van der Waals surface area (Å²) in [6.07, 6.45) is -1.82. The summed E-state index contributed by atoms with van der Waals surface area (Å²) < 4.78 is 47.0. The van der Waals surface area contributed by atoms with Gasteiger partial charge in [-0.15, -0.1) is 0 Å². The van der Waals surface area contributed by atoms with Gasteiger partial charge in [-0.3, -0.25) is 9.69 Å². The van der Waals surface area contributed by atoms with Crippen LogP contribution in [0.25, 0.3) is 22.1 Å². The molecule has 1 aromatic heterocycles. The molecule has 0 unspecified atom stereocenters. The number of hydrogen-bond acceptors (Lipinski definition) is 4. The second kappa shape index (κ2) is 7.80. The SMILES string of the molecule is C[C@H]1CCCCN1Cc1c(O)ccc2c(=O)c(-c3ccccc3)c(C(F)(F)F)oc12. The zero-order valence-electron chi connectivity index (χ0n) is 16.5. The minimum absolute atomic E-state index is 0.0271. The quantitative estimate of drug-likeness (QED) is 0.606. The molecule has 4 nitrogen and oxygen atoms in total. The van der Waals surface area contributed by atoms with Crippen LogP contribution in [0.5, 0.6) is 5.75 Å². The molecule has 0 radical (unpaired) electrons. The van der Waals surface area contributed by atoms with Gasteiger partial charge >= 0.3 is 6.18 Å². The van der Waals surface area contributed by atoms with Crippen molar-refractivity contribution >= 4 is 11.0 Å². The number of benzene rings is 2. The summed E-state index contributed by atoms with van der Waals surface area (Å²) in [4.78, 5) is 15.3. The second-order valence-corrected chi connectivity index (χ2v) is 7.75. The number of halogens is 3. The van der Waals surface area contributed by atoms with Crippen molar-refractivity contribution in [3.63, 3.8) is 0 Å². The minimum Gasteiger partial charge on any atom is -0.507 e. The monoisotopic (exact) mass is 417 g/mol. The van der Waals surface area contributed by atoms with Crippen molar-refractivity contribution in [1.82, 2.24) is 4.90 Å². The molecule has 2 aromatic carbocycles. The molecule has 0 bridgehead atoms. The van der Waals surface area contributed by atoms with Crippen LogP contribution in [0.4, 0.5) is 13.2 Å². The van der Waals surface area contributed by atoms with E-state index in [9.17, 15) is 23.1 Å². The van der Waals surface area contributed by atoms with Gasteiger partial charge in [0, 0.05) is 12.6 Å². The van der Waals surface area contributed by atoms with E-state index in [1.807, 2.05) is 6.92 Å². The van der Waals surface area contributed by atoms with Gasteiger partial charge in [-0.2, -0.15) is 13.2 Å². The van der Waals surface area contributed by atoms with Crippen LogP contribution in [0.15, 0.2) is 51.7 Å². The fraction of sp³-hybridized carbons (Fsp3) is 0.348. The molecule has 0 amide bonds. The molecule has 0 spiro atoms. The Bertz CT molecular complexity index is 1120. The predicted molar refractivity (Wildman–Crippen MR) is 108 cm³/mol. The molecule has 30 heavy (non-hydrogen) atoms. The molecule has 0 aliphatic carbocycles. The van der Waals surface area contributed by atoms with Crippen molar-refractivity contribution in [1.29, 1.82) is 0 Å². The zero-order chi connectivity index (χ0) is 21.5. The Balaban J connectivity index is 1.96. The fourth-order valence-electron chi connectivity index (χ4n) is 4.12. The first-order valence-electron chi connectivity index (χ1n) is 9.95. The summed E-state index contributed by atoms with van der Waals surface area (Å²) in [6, 6.07) is 10.6. The first-order valence-corrected chi connectivity index (χ1v) is 9.95. The highest BCUT2D eigenvalue weighted by molar-refractivity contribution is 5.86. The van der Waals surface area contributed by atoms with Crippen LogP contribution < -0.4 is 5.43 Å². The van der Waals surface area contributed by atoms with Gasteiger partial charge in [0.15, 0.2) is 0 Å². The predicted octanol–water partition coefficient (Wildman–Crippen LogP) is 5.56. The zero-order valence-corrected chi connectivity index (χ0v) is 16.5.